The molecule has 0 unspecified atom stereocenters. The van der Waals surface area contributed by atoms with Crippen LogP contribution in [-0.2, 0) is 17.9 Å². The predicted molar refractivity (Wildman–Crippen MR) is 102 cm³/mol. The molecule has 1 heterocycles. The lowest BCUT2D eigenvalue weighted by Gasteiger charge is -2.12. The van der Waals surface area contributed by atoms with Crippen LogP contribution in [0.25, 0.3) is 6.08 Å². The second-order valence-electron chi connectivity index (χ2n) is 6.91. The second kappa shape index (κ2) is 8.63. The van der Waals surface area contributed by atoms with Gasteiger partial charge in [-0.15, -0.1) is 0 Å². The smallest absolute Gasteiger partial charge is 0.244 e. The number of carbonyl (C=O) groups is 1. The van der Waals surface area contributed by atoms with E-state index >= 15 is 0 Å². The molecule has 3 nitrogen and oxygen atoms in total. The van der Waals surface area contributed by atoms with Gasteiger partial charge in [0.2, 0.25) is 5.91 Å². The number of quaternary nitrogens is 1. The Labute approximate surface area is 150 Å². The first kappa shape index (κ1) is 17.4. The van der Waals surface area contributed by atoms with Crippen LogP contribution in [0.2, 0.25) is 0 Å². The fourth-order valence-electron chi connectivity index (χ4n) is 3.21. The van der Waals surface area contributed by atoms with Gasteiger partial charge in [-0.1, -0.05) is 54.1 Å². The SMILES string of the molecule is Cc1ccc(/C=C/C(=O)NCc2ccc(C[NH+]3CCCC3)cc2)cc1. The monoisotopic (exact) mass is 335 g/mol. The fraction of sp³-hybridized carbons (Fsp3) is 0.318. The summed E-state index contributed by atoms with van der Waals surface area (Å²) in [5.74, 6) is -0.0637. The van der Waals surface area contributed by atoms with E-state index in [4.69, 9.17) is 0 Å². The number of amides is 1. The maximum atomic E-state index is 12.0. The number of benzene rings is 2. The van der Waals surface area contributed by atoms with E-state index in [1.807, 2.05) is 30.3 Å². The summed E-state index contributed by atoms with van der Waals surface area (Å²) in [7, 11) is 0. The second-order valence-corrected chi connectivity index (χ2v) is 6.91. The molecule has 0 aliphatic carbocycles. The van der Waals surface area contributed by atoms with Crippen molar-refractivity contribution in [2.45, 2.75) is 32.9 Å². The van der Waals surface area contributed by atoms with E-state index in [0.717, 1.165) is 17.7 Å². The normalized spacial score (nSPS) is 14.9. The van der Waals surface area contributed by atoms with Gasteiger partial charge < -0.3 is 10.2 Å². The van der Waals surface area contributed by atoms with Crippen molar-refractivity contribution in [2.75, 3.05) is 13.1 Å². The van der Waals surface area contributed by atoms with Crippen LogP contribution in [0.3, 0.4) is 0 Å². The van der Waals surface area contributed by atoms with E-state index in [0.29, 0.717) is 6.54 Å². The molecule has 0 radical (unpaired) electrons. The largest absolute Gasteiger partial charge is 0.348 e. The lowest BCUT2D eigenvalue weighted by Crippen LogP contribution is -3.08. The van der Waals surface area contributed by atoms with Crippen molar-refractivity contribution in [1.29, 1.82) is 0 Å². The Morgan fingerprint density at radius 3 is 2.32 bits per heavy atom. The fourth-order valence-corrected chi connectivity index (χ4v) is 3.21. The summed E-state index contributed by atoms with van der Waals surface area (Å²) >= 11 is 0. The van der Waals surface area contributed by atoms with Crippen LogP contribution in [0.5, 0.6) is 0 Å². The van der Waals surface area contributed by atoms with Crippen molar-refractivity contribution < 1.29 is 9.69 Å². The minimum Gasteiger partial charge on any atom is -0.348 e. The quantitative estimate of drug-likeness (QED) is 0.782. The Morgan fingerprint density at radius 2 is 1.64 bits per heavy atom. The molecule has 1 fully saturated rings. The molecule has 2 aromatic carbocycles. The zero-order valence-electron chi connectivity index (χ0n) is 14.9. The van der Waals surface area contributed by atoms with Gasteiger partial charge in [0.25, 0.3) is 0 Å². The number of likely N-dealkylation sites (tertiary alicyclic amines) is 1. The Morgan fingerprint density at radius 1 is 1.00 bits per heavy atom. The van der Waals surface area contributed by atoms with Crippen LogP contribution in [0, 0.1) is 6.92 Å². The Balaban J connectivity index is 1.45. The number of nitrogens with one attached hydrogen (secondary N) is 2. The highest BCUT2D eigenvalue weighted by molar-refractivity contribution is 5.91. The average molecular weight is 335 g/mol. The van der Waals surface area contributed by atoms with E-state index in [-0.39, 0.29) is 5.91 Å². The molecule has 1 aliphatic heterocycles. The van der Waals surface area contributed by atoms with E-state index in [2.05, 4.69) is 36.5 Å². The van der Waals surface area contributed by atoms with Gasteiger partial charge in [0, 0.05) is 31.0 Å². The van der Waals surface area contributed by atoms with E-state index in [1.54, 1.807) is 11.0 Å². The standard InChI is InChI=1S/C22H26N2O/c1-18-4-6-19(7-5-18)12-13-22(25)23-16-20-8-10-21(11-9-20)17-24-14-2-3-15-24/h4-13H,2-3,14-17H2,1H3,(H,23,25)/p+1/b13-12+. The molecular weight excluding hydrogens is 308 g/mol. The maximum absolute atomic E-state index is 12.0. The zero-order valence-corrected chi connectivity index (χ0v) is 14.9. The van der Waals surface area contributed by atoms with Gasteiger partial charge in [-0.05, 0) is 24.1 Å². The number of hydrogen-bond acceptors (Lipinski definition) is 1. The van der Waals surface area contributed by atoms with E-state index < -0.39 is 0 Å². The molecule has 2 N–H and O–H groups in total. The molecule has 1 aliphatic rings. The number of carbonyl (C=O) groups excluding carboxylic acids is 1. The molecule has 1 amide bonds. The number of hydrogen-bond donors (Lipinski definition) is 2. The molecule has 0 saturated carbocycles. The molecule has 0 spiro atoms. The topological polar surface area (TPSA) is 33.5 Å². The highest BCUT2D eigenvalue weighted by Gasteiger charge is 2.15. The summed E-state index contributed by atoms with van der Waals surface area (Å²) in [6, 6.07) is 16.7. The highest BCUT2D eigenvalue weighted by Crippen LogP contribution is 2.06. The van der Waals surface area contributed by atoms with Crippen molar-refractivity contribution in [1.82, 2.24) is 5.32 Å². The lowest BCUT2D eigenvalue weighted by molar-refractivity contribution is -0.901. The van der Waals surface area contributed by atoms with Crippen molar-refractivity contribution in [3.63, 3.8) is 0 Å². The van der Waals surface area contributed by atoms with Gasteiger partial charge in [-0.3, -0.25) is 4.79 Å². The first-order valence-electron chi connectivity index (χ1n) is 9.13. The van der Waals surface area contributed by atoms with Crippen LogP contribution in [0.4, 0.5) is 0 Å². The first-order valence-corrected chi connectivity index (χ1v) is 9.13. The molecule has 130 valence electrons. The van der Waals surface area contributed by atoms with Crippen molar-refractivity contribution in [3.8, 4) is 0 Å². The van der Waals surface area contributed by atoms with E-state index in [9.17, 15) is 4.79 Å². The molecule has 0 bridgehead atoms. The zero-order chi connectivity index (χ0) is 17.5. The van der Waals surface area contributed by atoms with Gasteiger partial charge in [-0.2, -0.15) is 0 Å². The Bertz CT molecular complexity index is 711. The number of aryl methyl sites for hydroxylation is 1. The van der Waals surface area contributed by atoms with Crippen LogP contribution in [0.15, 0.2) is 54.6 Å². The highest BCUT2D eigenvalue weighted by atomic mass is 16.1. The first-order chi connectivity index (χ1) is 12.2. The molecule has 3 rings (SSSR count). The van der Waals surface area contributed by atoms with E-state index in [1.165, 1.54) is 37.1 Å². The summed E-state index contributed by atoms with van der Waals surface area (Å²) in [5, 5.41) is 2.94. The Hall–Kier alpha value is -2.39. The molecule has 0 atom stereocenters. The summed E-state index contributed by atoms with van der Waals surface area (Å²) in [6.45, 7) is 6.33. The predicted octanol–water partition coefficient (Wildman–Crippen LogP) is 2.50. The molecule has 25 heavy (non-hydrogen) atoms. The summed E-state index contributed by atoms with van der Waals surface area (Å²) < 4.78 is 0. The third kappa shape index (κ3) is 5.57. The molecular formula is C22H27N2O+. The third-order valence-corrected chi connectivity index (χ3v) is 4.76. The van der Waals surface area contributed by atoms with Crippen LogP contribution >= 0.6 is 0 Å². The Kier molecular flexibility index (Phi) is 6.02. The summed E-state index contributed by atoms with van der Waals surface area (Å²) in [5.41, 5.74) is 4.77. The molecule has 2 aromatic rings. The average Bonchev–Trinajstić information content (AvgIpc) is 3.14. The summed E-state index contributed by atoms with van der Waals surface area (Å²) in [4.78, 5) is 13.6. The van der Waals surface area contributed by atoms with Gasteiger partial charge in [-0.25, -0.2) is 0 Å². The van der Waals surface area contributed by atoms with Gasteiger partial charge >= 0.3 is 0 Å². The van der Waals surface area contributed by atoms with Gasteiger partial charge in [0.05, 0.1) is 13.1 Å². The van der Waals surface area contributed by atoms with Crippen molar-refractivity contribution in [2.24, 2.45) is 0 Å². The van der Waals surface area contributed by atoms with Gasteiger partial charge in [0.1, 0.15) is 6.54 Å². The van der Waals surface area contributed by atoms with Crippen molar-refractivity contribution in [3.05, 3.63) is 76.9 Å². The minimum atomic E-state index is -0.0637. The van der Waals surface area contributed by atoms with Crippen molar-refractivity contribution >= 4 is 12.0 Å². The van der Waals surface area contributed by atoms with Crippen LogP contribution in [0.1, 0.15) is 35.1 Å². The molecule has 3 heteroatoms. The minimum absolute atomic E-state index is 0.0637. The van der Waals surface area contributed by atoms with Crippen LogP contribution < -0.4 is 10.2 Å². The van der Waals surface area contributed by atoms with Crippen LogP contribution in [-0.4, -0.2) is 19.0 Å². The maximum Gasteiger partial charge on any atom is 0.244 e. The number of rotatable bonds is 6. The lowest BCUT2D eigenvalue weighted by atomic mass is 10.1. The third-order valence-electron chi connectivity index (χ3n) is 4.76. The molecule has 1 saturated heterocycles. The van der Waals surface area contributed by atoms with Gasteiger partial charge in [0.15, 0.2) is 0 Å². The molecule has 0 aromatic heterocycles. The summed E-state index contributed by atoms with van der Waals surface area (Å²) in [6.07, 6.45) is 6.15.